The molecule has 0 aliphatic heterocycles. The van der Waals surface area contributed by atoms with E-state index in [0.29, 0.717) is 12.1 Å². The van der Waals surface area contributed by atoms with Crippen molar-refractivity contribution < 1.29 is 4.74 Å². The van der Waals surface area contributed by atoms with E-state index in [1.807, 2.05) is 14.0 Å². The molecule has 1 aliphatic rings. The van der Waals surface area contributed by atoms with Gasteiger partial charge in [0.15, 0.2) is 5.11 Å². The fourth-order valence-electron chi connectivity index (χ4n) is 1.84. The van der Waals surface area contributed by atoms with E-state index < -0.39 is 0 Å². The van der Waals surface area contributed by atoms with Crippen molar-refractivity contribution in [1.29, 1.82) is 0 Å². The molecule has 0 aromatic heterocycles. The summed E-state index contributed by atoms with van der Waals surface area (Å²) >= 11 is 5.07. The third kappa shape index (κ3) is 2.17. The predicted molar refractivity (Wildman–Crippen MR) is 62.4 cm³/mol. The van der Waals surface area contributed by atoms with Gasteiger partial charge in [0, 0.05) is 25.1 Å². The Hall–Kier alpha value is -0.350. The highest BCUT2D eigenvalue weighted by molar-refractivity contribution is 7.80. The van der Waals surface area contributed by atoms with Crippen molar-refractivity contribution in [2.75, 3.05) is 13.7 Å². The minimum Gasteiger partial charge on any atom is -0.378 e. The van der Waals surface area contributed by atoms with Crippen molar-refractivity contribution >= 4 is 17.3 Å². The molecule has 0 bridgehead atoms. The summed E-state index contributed by atoms with van der Waals surface area (Å²) in [5.74, 6) is 0. The highest BCUT2D eigenvalue weighted by Gasteiger charge is 2.49. The van der Waals surface area contributed by atoms with Crippen LogP contribution in [0.1, 0.15) is 27.2 Å². The molecule has 0 aromatic rings. The maximum atomic E-state index is 5.63. The van der Waals surface area contributed by atoms with Gasteiger partial charge in [0.1, 0.15) is 0 Å². The van der Waals surface area contributed by atoms with E-state index in [1.165, 1.54) is 0 Å². The summed E-state index contributed by atoms with van der Waals surface area (Å²) in [5, 5.41) is 6.93. The zero-order valence-corrected chi connectivity index (χ0v) is 10.2. The summed E-state index contributed by atoms with van der Waals surface area (Å²) in [4.78, 5) is 0. The van der Waals surface area contributed by atoms with E-state index in [1.54, 1.807) is 0 Å². The van der Waals surface area contributed by atoms with Crippen molar-refractivity contribution in [2.45, 2.75) is 39.3 Å². The lowest BCUT2D eigenvalue weighted by Gasteiger charge is -2.51. The van der Waals surface area contributed by atoms with Gasteiger partial charge in [0.05, 0.1) is 6.10 Å². The monoisotopic (exact) mass is 216 g/mol. The van der Waals surface area contributed by atoms with Gasteiger partial charge in [-0.3, -0.25) is 0 Å². The summed E-state index contributed by atoms with van der Waals surface area (Å²) in [7, 11) is 1.83. The van der Waals surface area contributed by atoms with Crippen LogP contribution in [0.5, 0.6) is 0 Å². The Morgan fingerprint density at radius 2 is 2.21 bits per heavy atom. The molecule has 0 spiro atoms. The molecular formula is C10H20N2OS. The van der Waals surface area contributed by atoms with Crippen LogP contribution in [-0.2, 0) is 4.74 Å². The maximum Gasteiger partial charge on any atom is 0.166 e. The number of nitrogens with one attached hydrogen (secondary N) is 2. The van der Waals surface area contributed by atoms with Gasteiger partial charge in [0.2, 0.25) is 0 Å². The molecule has 0 amide bonds. The Kier molecular flexibility index (Phi) is 3.72. The van der Waals surface area contributed by atoms with Crippen molar-refractivity contribution in [1.82, 2.24) is 10.6 Å². The summed E-state index contributed by atoms with van der Waals surface area (Å²) in [6, 6.07) is 0.430. The van der Waals surface area contributed by atoms with Crippen LogP contribution in [0.4, 0.5) is 0 Å². The van der Waals surface area contributed by atoms with Gasteiger partial charge < -0.3 is 15.4 Å². The molecule has 1 fully saturated rings. The second-order valence-electron chi connectivity index (χ2n) is 4.28. The molecule has 0 aromatic carbocycles. The predicted octanol–water partition coefficient (Wildman–Crippen LogP) is 1.28. The Morgan fingerprint density at radius 1 is 1.57 bits per heavy atom. The first kappa shape index (κ1) is 11.7. The Labute approximate surface area is 91.6 Å². The molecule has 0 radical (unpaired) electrons. The van der Waals surface area contributed by atoms with Crippen LogP contribution in [0.25, 0.3) is 0 Å². The van der Waals surface area contributed by atoms with E-state index in [4.69, 9.17) is 17.0 Å². The van der Waals surface area contributed by atoms with Gasteiger partial charge in [-0.1, -0.05) is 13.8 Å². The van der Waals surface area contributed by atoms with Gasteiger partial charge in [0.25, 0.3) is 0 Å². The second-order valence-corrected chi connectivity index (χ2v) is 4.69. The van der Waals surface area contributed by atoms with Crippen LogP contribution in [-0.4, -0.2) is 30.9 Å². The van der Waals surface area contributed by atoms with Gasteiger partial charge in [-0.25, -0.2) is 0 Å². The zero-order valence-electron chi connectivity index (χ0n) is 9.39. The second kappa shape index (κ2) is 4.45. The van der Waals surface area contributed by atoms with Crippen LogP contribution in [0.3, 0.4) is 0 Å². The number of hydrogen-bond acceptors (Lipinski definition) is 2. The maximum absolute atomic E-state index is 5.63. The molecule has 1 aliphatic carbocycles. The zero-order chi connectivity index (χ0) is 10.8. The van der Waals surface area contributed by atoms with Crippen molar-refractivity contribution in [3.63, 3.8) is 0 Å². The van der Waals surface area contributed by atoms with Crippen LogP contribution < -0.4 is 10.6 Å². The molecule has 4 heteroatoms. The molecule has 2 atom stereocenters. The lowest BCUT2D eigenvalue weighted by atomic mass is 9.64. The van der Waals surface area contributed by atoms with E-state index >= 15 is 0 Å². The van der Waals surface area contributed by atoms with E-state index in [2.05, 4.69) is 24.5 Å². The summed E-state index contributed by atoms with van der Waals surface area (Å²) in [5.41, 5.74) is 0.178. The van der Waals surface area contributed by atoms with E-state index in [9.17, 15) is 0 Å². The smallest absolute Gasteiger partial charge is 0.166 e. The highest BCUT2D eigenvalue weighted by atomic mass is 32.1. The van der Waals surface area contributed by atoms with Gasteiger partial charge >= 0.3 is 0 Å². The van der Waals surface area contributed by atoms with E-state index in [0.717, 1.165) is 18.1 Å². The van der Waals surface area contributed by atoms with E-state index in [-0.39, 0.29) is 5.41 Å². The van der Waals surface area contributed by atoms with Gasteiger partial charge in [-0.2, -0.15) is 0 Å². The number of thiocarbonyl (C=S) groups is 1. The third-order valence-electron chi connectivity index (χ3n) is 3.08. The molecule has 2 N–H and O–H groups in total. The molecule has 0 saturated heterocycles. The quantitative estimate of drug-likeness (QED) is 0.696. The minimum atomic E-state index is 0.178. The third-order valence-corrected chi connectivity index (χ3v) is 3.40. The fraction of sp³-hybridized carbons (Fsp3) is 0.900. The standard InChI is InChI=1S/C10H20N2OS/c1-5-13-8-6-7(10(8,2)3)12-9(14)11-4/h7-8H,5-6H2,1-4H3,(H2,11,12,14). The summed E-state index contributed by atoms with van der Waals surface area (Å²) < 4.78 is 5.63. The first-order valence-corrected chi connectivity index (χ1v) is 5.53. The van der Waals surface area contributed by atoms with Crippen LogP contribution in [0, 0.1) is 5.41 Å². The normalized spacial score (nSPS) is 29.1. The SMILES string of the molecule is CCOC1CC(NC(=S)NC)C1(C)C. The van der Waals surface area contributed by atoms with Gasteiger partial charge in [-0.05, 0) is 25.6 Å². The molecule has 2 unspecified atom stereocenters. The topological polar surface area (TPSA) is 33.3 Å². The average Bonchev–Trinajstić information content (AvgIpc) is 2.16. The molecule has 82 valence electrons. The minimum absolute atomic E-state index is 0.178. The Morgan fingerprint density at radius 3 is 2.64 bits per heavy atom. The lowest BCUT2D eigenvalue weighted by molar-refractivity contribution is -0.109. The molecule has 1 rings (SSSR count). The Balaban J connectivity index is 2.42. The van der Waals surface area contributed by atoms with Gasteiger partial charge in [-0.15, -0.1) is 0 Å². The first-order valence-electron chi connectivity index (χ1n) is 5.12. The molecule has 1 saturated carbocycles. The summed E-state index contributed by atoms with van der Waals surface area (Å²) in [6.07, 6.45) is 1.41. The van der Waals surface area contributed by atoms with Crippen LogP contribution in [0.2, 0.25) is 0 Å². The molecule has 3 nitrogen and oxygen atoms in total. The fourth-order valence-corrected chi connectivity index (χ4v) is 1.99. The number of rotatable bonds is 3. The van der Waals surface area contributed by atoms with Crippen molar-refractivity contribution in [2.24, 2.45) is 5.41 Å². The molecule has 0 heterocycles. The average molecular weight is 216 g/mol. The molecular weight excluding hydrogens is 196 g/mol. The molecule has 14 heavy (non-hydrogen) atoms. The first-order chi connectivity index (χ1) is 6.52. The number of ether oxygens (including phenoxy) is 1. The highest BCUT2D eigenvalue weighted by Crippen LogP contribution is 2.42. The lowest BCUT2D eigenvalue weighted by Crippen LogP contribution is -2.63. The van der Waals surface area contributed by atoms with Crippen LogP contribution >= 0.6 is 12.2 Å². The Bertz CT molecular complexity index is 218. The van der Waals surface area contributed by atoms with Crippen molar-refractivity contribution in [3.05, 3.63) is 0 Å². The number of hydrogen-bond donors (Lipinski definition) is 2. The van der Waals surface area contributed by atoms with Crippen LogP contribution in [0.15, 0.2) is 0 Å². The largest absolute Gasteiger partial charge is 0.378 e. The van der Waals surface area contributed by atoms with Crippen molar-refractivity contribution in [3.8, 4) is 0 Å². The summed E-state index contributed by atoms with van der Waals surface area (Å²) in [6.45, 7) is 7.26.